The molecule has 0 aliphatic carbocycles. The molecule has 3 N–H and O–H groups in total. The van der Waals surface area contributed by atoms with Gasteiger partial charge in [0.15, 0.2) is 0 Å². The van der Waals surface area contributed by atoms with Crippen LogP contribution in [0.1, 0.15) is 47.3 Å². The van der Waals surface area contributed by atoms with Crippen LogP contribution in [0.5, 0.6) is 0 Å². The molecule has 3 heterocycles. The van der Waals surface area contributed by atoms with E-state index in [9.17, 15) is 19.1 Å². The number of carboxylic acids is 1. The minimum atomic E-state index is -1.12. The Balaban J connectivity index is 1.24. The van der Waals surface area contributed by atoms with Gasteiger partial charge in [-0.2, -0.15) is 0 Å². The molecular weight excluding hydrogens is 459 g/mol. The van der Waals surface area contributed by atoms with E-state index in [1.165, 1.54) is 17.7 Å². The number of nitrogens with one attached hydrogen (secondary N) is 2. The van der Waals surface area contributed by atoms with Gasteiger partial charge in [0.25, 0.3) is 5.91 Å². The number of halogens is 2. The van der Waals surface area contributed by atoms with E-state index in [0.29, 0.717) is 12.5 Å². The van der Waals surface area contributed by atoms with Gasteiger partial charge in [0, 0.05) is 25.3 Å². The topological polar surface area (TPSA) is 94.6 Å². The minimum Gasteiger partial charge on any atom is -0.480 e. The molecule has 9 heteroatoms. The summed E-state index contributed by atoms with van der Waals surface area (Å²) in [7, 11) is 0. The van der Waals surface area contributed by atoms with E-state index in [1.807, 2.05) is 0 Å². The van der Waals surface area contributed by atoms with Gasteiger partial charge < -0.3 is 20.6 Å². The van der Waals surface area contributed by atoms with E-state index in [2.05, 4.69) is 27.7 Å². The lowest BCUT2D eigenvalue weighted by Crippen LogP contribution is -2.43. The van der Waals surface area contributed by atoms with E-state index in [1.54, 1.807) is 0 Å². The average Bonchev–Trinajstić information content (AvgIpc) is 3.29. The summed E-state index contributed by atoms with van der Waals surface area (Å²) >= 11 is 5.86. The van der Waals surface area contributed by atoms with Gasteiger partial charge >= 0.3 is 5.97 Å². The third-order valence-electron chi connectivity index (χ3n) is 6.66. The summed E-state index contributed by atoms with van der Waals surface area (Å²) in [6, 6.07) is 7.13. The second kappa shape index (κ2) is 11.1. The van der Waals surface area contributed by atoms with E-state index in [-0.39, 0.29) is 17.0 Å². The molecule has 1 aromatic heterocycles. The van der Waals surface area contributed by atoms with Gasteiger partial charge in [-0.15, -0.1) is 0 Å². The maximum Gasteiger partial charge on any atom is 0.326 e. The van der Waals surface area contributed by atoms with Crippen molar-refractivity contribution in [3.63, 3.8) is 0 Å². The Morgan fingerprint density at radius 3 is 3.00 bits per heavy atom. The van der Waals surface area contributed by atoms with E-state index < -0.39 is 23.7 Å². The molecule has 2 aromatic rings. The first-order valence-electron chi connectivity index (χ1n) is 11.8. The van der Waals surface area contributed by atoms with E-state index >= 15 is 0 Å². The molecule has 1 saturated heterocycles. The lowest BCUT2D eigenvalue weighted by atomic mass is 10.00. The Hall–Kier alpha value is -2.71. The van der Waals surface area contributed by atoms with Crippen LogP contribution < -0.4 is 10.6 Å². The number of carboxylic acid groups (broad SMARTS) is 1. The average molecular weight is 489 g/mol. The molecule has 34 heavy (non-hydrogen) atoms. The summed E-state index contributed by atoms with van der Waals surface area (Å²) in [6.07, 6.45) is 5.53. The van der Waals surface area contributed by atoms with Crippen LogP contribution in [0.3, 0.4) is 0 Å². The van der Waals surface area contributed by atoms with Crippen molar-refractivity contribution < 1.29 is 19.1 Å². The maximum absolute atomic E-state index is 13.6. The fourth-order valence-corrected chi connectivity index (χ4v) is 4.91. The predicted octanol–water partition coefficient (Wildman–Crippen LogP) is 3.76. The molecule has 1 fully saturated rings. The summed E-state index contributed by atoms with van der Waals surface area (Å²) in [5.41, 5.74) is 2.33. The standard InChI is InChI=1S/C25H30ClFN4O3/c26-22-19(4-1-5-20(22)27)24(32)30-21(25(33)34)11-14-31-13-10-16(15-31)6-8-18-9-7-17-3-2-12-28-23(17)29-18/h1,4-5,7,9,16,21H,2-3,6,8,10-15H2,(H,28,29)(H,30,32)(H,33,34)/t16-,21-/m0/s1. The highest BCUT2D eigenvalue weighted by molar-refractivity contribution is 6.34. The molecule has 7 nitrogen and oxygen atoms in total. The quantitative estimate of drug-likeness (QED) is 0.497. The second-order valence-electron chi connectivity index (χ2n) is 9.09. The largest absolute Gasteiger partial charge is 0.480 e. The number of hydrogen-bond donors (Lipinski definition) is 3. The maximum atomic E-state index is 13.6. The van der Waals surface area contributed by atoms with Gasteiger partial charge in [0.05, 0.1) is 10.6 Å². The van der Waals surface area contributed by atoms with Crippen LogP contribution in [-0.4, -0.2) is 59.1 Å². The summed E-state index contributed by atoms with van der Waals surface area (Å²) in [6.45, 7) is 3.35. The number of aromatic nitrogens is 1. The SMILES string of the molecule is O=C(N[C@@H](CCN1CC[C@H](CCc2ccc3c(n2)NCCC3)C1)C(=O)O)c1cccc(F)c1Cl. The van der Waals surface area contributed by atoms with Crippen molar-refractivity contribution in [1.29, 1.82) is 0 Å². The fraction of sp³-hybridized carbons (Fsp3) is 0.480. The number of aryl methyl sites for hydroxylation is 2. The van der Waals surface area contributed by atoms with Crippen LogP contribution in [0.2, 0.25) is 5.02 Å². The fourth-order valence-electron chi connectivity index (χ4n) is 4.70. The number of carbonyl (C=O) groups excluding carboxylic acids is 1. The molecule has 4 rings (SSSR count). The second-order valence-corrected chi connectivity index (χ2v) is 9.47. The molecule has 0 unspecified atom stereocenters. The molecule has 0 bridgehead atoms. The first-order valence-corrected chi connectivity index (χ1v) is 12.2. The zero-order valence-corrected chi connectivity index (χ0v) is 19.8. The number of pyridine rings is 1. The van der Waals surface area contributed by atoms with Gasteiger partial charge in [0.2, 0.25) is 0 Å². The van der Waals surface area contributed by atoms with Crippen LogP contribution in [0.15, 0.2) is 30.3 Å². The number of carbonyl (C=O) groups is 2. The number of hydrogen-bond acceptors (Lipinski definition) is 5. The number of fused-ring (bicyclic) bond motifs is 1. The molecule has 182 valence electrons. The Kier molecular flexibility index (Phi) is 8.00. The third kappa shape index (κ3) is 6.04. The van der Waals surface area contributed by atoms with Gasteiger partial charge in [-0.05, 0) is 74.8 Å². The van der Waals surface area contributed by atoms with E-state index in [4.69, 9.17) is 16.6 Å². The summed E-state index contributed by atoms with van der Waals surface area (Å²) in [5.74, 6) is -0.967. The smallest absolute Gasteiger partial charge is 0.326 e. The van der Waals surface area contributed by atoms with Crippen LogP contribution in [0.4, 0.5) is 10.2 Å². The Morgan fingerprint density at radius 1 is 1.32 bits per heavy atom. The van der Waals surface area contributed by atoms with Crippen molar-refractivity contribution in [2.45, 2.75) is 44.6 Å². The molecule has 0 spiro atoms. The molecule has 1 amide bonds. The van der Waals surface area contributed by atoms with Gasteiger partial charge in [-0.25, -0.2) is 14.2 Å². The first-order chi connectivity index (χ1) is 16.4. The number of aliphatic carboxylic acids is 1. The van der Waals surface area contributed by atoms with Crippen LogP contribution >= 0.6 is 11.6 Å². The molecule has 0 saturated carbocycles. The summed E-state index contributed by atoms with van der Waals surface area (Å²) < 4.78 is 13.6. The monoisotopic (exact) mass is 488 g/mol. The zero-order chi connectivity index (χ0) is 24.1. The Bertz CT molecular complexity index is 1050. The van der Waals surface area contributed by atoms with Crippen molar-refractivity contribution >= 4 is 29.3 Å². The Morgan fingerprint density at radius 2 is 2.18 bits per heavy atom. The van der Waals surface area contributed by atoms with Gasteiger partial charge in [-0.3, -0.25) is 4.79 Å². The number of amides is 1. The molecule has 2 aliphatic rings. The zero-order valence-electron chi connectivity index (χ0n) is 19.0. The van der Waals surface area contributed by atoms with E-state index in [0.717, 1.165) is 69.3 Å². The highest BCUT2D eigenvalue weighted by Crippen LogP contribution is 2.24. The van der Waals surface area contributed by atoms with Crippen molar-refractivity contribution in [3.8, 4) is 0 Å². The number of rotatable bonds is 9. The number of anilines is 1. The van der Waals surface area contributed by atoms with Crippen molar-refractivity contribution in [3.05, 3.63) is 58.0 Å². The molecule has 1 aromatic carbocycles. The third-order valence-corrected chi connectivity index (χ3v) is 7.05. The highest BCUT2D eigenvalue weighted by Gasteiger charge is 2.27. The van der Waals surface area contributed by atoms with Gasteiger partial charge in [-0.1, -0.05) is 23.7 Å². The van der Waals surface area contributed by atoms with Crippen LogP contribution in [0, 0.1) is 11.7 Å². The summed E-state index contributed by atoms with van der Waals surface area (Å²) in [4.78, 5) is 31.2. The number of nitrogens with zero attached hydrogens (tertiary/aromatic N) is 2. The van der Waals surface area contributed by atoms with Gasteiger partial charge in [0.1, 0.15) is 17.7 Å². The van der Waals surface area contributed by atoms with Crippen molar-refractivity contribution in [2.24, 2.45) is 5.92 Å². The summed E-state index contributed by atoms with van der Waals surface area (Å²) in [5, 5.41) is 15.1. The van der Waals surface area contributed by atoms with Crippen LogP contribution in [-0.2, 0) is 17.6 Å². The number of benzene rings is 1. The first kappa shape index (κ1) is 24.4. The highest BCUT2D eigenvalue weighted by atomic mass is 35.5. The normalized spacial score (nSPS) is 18.7. The van der Waals surface area contributed by atoms with Crippen LogP contribution in [0.25, 0.3) is 0 Å². The lowest BCUT2D eigenvalue weighted by molar-refractivity contribution is -0.139. The molecule has 2 aliphatic heterocycles. The molecular formula is C25H30ClFN4O3. The van der Waals surface area contributed by atoms with Crippen molar-refractivity contribution in [1.82, 2.24) is 15.2 Å². The number of likely N-dealkylation sites (tertiary alicyclic amines) is 1. The Labute approximate surface area is 203 Å². The minimum absolute atomic E-state index is 0.0693. The molecule has 2 atom stereocenters. The lowest BCUT2D eigenvalue weighted by Gasteiger charge is -2.20. The predicted molar refractivity (Wildman–Crippen MR) is 129 cm³/mol. The molecule has 0 radical (unpaired) electrons. The van der Waals surface area contributed by atoms with Crippen molar-refractivity contribution in [2.75, 3.05) is 31.5 Å².